The van der Waals surface area contributed by atoms with E-state index in [2.05, 4.69) is 0 Å². The van der Waals surface area contributed by atoms with Crippen molar-refractivity contribution in [2.75, 3.05) is 19.7 Å². The molecule has 1 saturated heterocycles. The highest BCUT2D eigenvalue weighted by Crippen LogP contribution is 2.26. The molecule has 0 radical (unpaired) electrons. The zero-order valence-corrected chi connectivity index (χ0v) is 11.5. The molecule has 5 heteroatoms. The molecule has 1 aliphatic carbocycles. The average Bonchev–Trinajstić information content (AvgIpc) is 2.67. The Morgan fingerprint density at radius 2 is 1.84 bits per heavy atom. The molecule has 2 amide bonds. The highest BCUT2D eigenvalue weighted by Gasteiger charge is 2.28. The number of hydrogen-bond donors (Lipinski definition) is 1. The van der Waals surface area contributed by atoms with Crippen LogP contribution in [0.25, 0.3) is 0 Å². The second-order valence-corrected chi connectivity index (χ2v) is 5.66. The lowest BCUT2D eigenvalue weighted by Gasteiger charge is -2.32. The average molecular weight is 268 g/mol. The van der Waals surface area contributed by atoms with Crippen molar-refractivity contribution in [3.8, 4) is 0 Å². The summed E-state index contributed by atoms with van der Waals surface area (Å²) in [4.78, 5) is 25.1. The Kier molecular flexibility index (Phi) is 5.19. The highest BCUT2D eigenvalue weighted by atomic mass is 16.5. The van der Waals surface area contributed by atoms with Gasteiger partial charge >= 0.3 is 0 Å². The quantitative estimate of drug-likeness (QED) is 0.778. The largest absolute Gasteiger partial charge is 0.367 e. The number of hydrogen-bond acceptors (Lipinski definition) is 3. The predicted molar refractivity (Wildman–Crippen MR) is 71.3 cm³/mol. The minimum absolute atomic E-state index is 0.154. The van der Waals surface area contributed by atoms with Gasteiger partial charge in [-0.1, -0.05) is 25.7 Å². The van der Waals surface area contributed by atoms with Crippen LogP contribution in [0.4, 0.5) is 0 Å². The topological polar surface area (TPSA) is 72.6 Å². The van der Waals surface area contributed by atoms with E-state index in [0.717, 1.165) is 12.8 Å². The number of ether oxygens (including phenoxy) is 1. The number of nitrogens with zero attached hydrogens (tertiary/aromatic N) is 1. The first kappa shape index (κ1) is 14.3. The van der Waals surface area contributed by atoms with Gasteiger partial charge in [0.1, 0.15) is 0 Å². The van der Waals surface area contributed by atoms with Gasteiger partial charge in [-0.05, 0) is 18.8 Å². The van der Waals surface area contributed by atoms with Crippen molar-refractivity contribution in [1.29, 1.82) is 0 Å². The summed E-state index contributed by atoms with van der Waals surface area (Å²) in [7, 11) is 0. The Balaban J connectivity index is 1.83. The van der Waals surface area contributed by atoms with Crippen LogP contribution in [-0.4, -0.2) is 42.5 Å². The fourth-order valence-corrected chi connectivity index (χ4v) is 2.99. The monoisotopic (exact) mass is 268 g/mol. The Labute approximate surface area is 114 Å². The summed E-state index contributed by atoms with van der Waals surface area (Å²) in [5.41, 5.74) is 5.23. The van der Waals surface area contributed by atoms with Gasteiger partial charge < -0.3 is 15.4 Å². The Morgan fingerprint density at radius 3 is 2.47 bits per heavy atom. The summed E-state index contributed by atoms with van der Waals surface area (Å²) in [5.74, 6) is 0.193. The lowest BCUT2D eigenvalue weighted by atomic mass is 9.96. The number of carbonyl (C=O) groups is 2. The third-order valence-electron chi connectivity index (χ3n) is 4.17. The maximum atomic E-state index is 12.3. The number of carbonyl (C=O) groups excluding carboxylic acids is 2. The third-order valence-corrected chi connectivity index (χ3v) is 4.17. The van der Waals surface area contributed by atoms with Gasteiger partial charge in [0, 0.05) is 13.0 Å². The first-order valence-corrected chi connectivity index (χ1v) is 7.35. The van der Waals surface area contributed by atoms with Crippen molar-refractivity contribution in [2.24, 2.45) is 11.7 Å². The first-order chi connectivity index (χ1) is 9.16. The number of amides is 2. The van der Waals surface area contributed by atoms with Crippen LogP contribution in [0.1, 0.15) is 44.9 Å². The van der Waals surface area contributed by atoms with Gasteiger partial charge in [-0.2, -0.15) is 0 Å². The number of nitrogens with two attached hydrogens (primary N) is 1. The molecule has 1 saturated carbocycles. The number of morpholine rings is 1. The van der Waals surface area contributed by atoms with E-state index in [1.807, 2.05) is 0 Å². The van der Waals surface area contributed by atoms with Crippen LogP contribution in [-0.2, 0) is 14.3 Å². The van der Waals surface area contributed by atoms with Gasteiger partial charge in [-0.25, -0.2) is 0 Å². The minimum Gasteiger partial charge on any atom is -0.367 e. The normalized spacial score (nSPS) is 25.9. The van der Waals surface area contributed by atoms with E-state index in [9.17, 15) is 9.59 Å². The van der Waals surface area contributed by atoms with E-state index >= 15 is 0 Å². The summed E-state index contributed by atoms with van der Waals surface area (Å²) >= 11 is 0. The summed E-state index contributed by atoms with van der Waals surface area (Å²) in [6, 6.07) is 0. The molecule has 0 bridgehead atoms. The molecule has 5 nitrogen and oxygen atoms in total. The molecule has 19 heavy (non-hydrogen) atoms. The molecular weight excluding hydrogens is 244 g/mol. The molecule has 0 unspecified atom stereocenters. The van der Waals surface area contributed by atoms with Gasteiger partial charge in [-0.15, -0.1) is 0 Å². The Hall–Kier alpha value is -1.10. The van der Waals surface area contributed by atoms with Crippen LogP contribution >= 0.6 is 0 Å². The van der Waals surface area contributed by atoms with Gasteiger partial charge in [0.15, 0.2) is 6.10 Å². The Bertz CT molecular complexity index is 325. The Morgan fingerprint density at radius 1 is 1.16 bits per heavy atom. The zero-order valence-electron chi connectivity index (χ0n) is 11.5. The summed E-state index contributed by atoms with van der Waals surface area (Å²) in [5, 5.41) is 0. The molecule has 1 aliphatic heterocycles. The van der Waals surface area contributed by atoms with Gasteiger partial charge in [0.2, 0.25) is 11.8 Å². The third kappa shape index (κ3) is 4.20. The molecule has 0 aromatic heterocycles. The van der Waals surface area contributed by atoms with Crippen LogP contribution in [0.15, 0.2) is 0 Å². The molecule has 1 atom stereocenters. The molecular formula is C14H24N2O3. The van der Waals surface area contributed by atoms with E-state index in [4.69, 9.17) is 10.5 Å². The molecule has 0 aromatic carbocycles. The fourth-order valence-electron chi connectivity index (χ4n) is 2.99. The zero-order chi connectivity index (χ0) is 13.7. The lowest BCUT2D eigenvalue weighted by molar-refractivity contribution is -0.146. The second kappa shape index (κ2) is 6.89. The standard InChI is InChI=1S/C14H24N2O3/c15-14(18)12-10-16(7-8-19-12)13(17)9-11-5-3-1-2-4-6-11/h11-12H,1-10H2,(H2,15,18)/t12-/m1/s1. The van der Waals surface area contributed by atoms with Gasteiger partial charge in [-0.3, -0.25) is 9.59 Å². The van der Waals surface area contributed by atoms with Crippen LogP contribution in [0.2, 0.25) is 0 Å². The molecule has 108 valence electrons. The molecule has 2 aliphatic rings. The van der Waals surface area contributed by atoms with Crippen LogP contribution in [0.5, 0.6) is 0 Å². The van der Waals surface area contributed by atoms with Crippen molar-refractivity contribution in [2.45, 2.75) is 51.0 Å². The molecule has 1 heterocycles. The maximum Gasteiger partial charge on any atom is 0.248 e. The van der Waals surface area contributed by atoms with E-state index in [1.165, 1.54) is 25.7 Å². The van der Waals surface area contributed by atoms with Gasteiger partial charge in [0.05, 0.1) is 13.2 Å². The molecule has 0 spiro atoms. The predicted octanol–water partition coefficient (Wildman–Crippen LogP) is 1.06. The smallest absolute Gasteiger partial charge is 0.248 e. The van der Waals surface area contributed by atoms with Crippen molar-refractivity contribution >= 4 is 11.8 Å². The molecule has 2 N–H and O–H groups in total. The van der Waals surface area contributed by atoms with Crippen LogP contribution < -0.4 is 5.73 Å². The van der Waals surface area contributed by atoms with E-state index in [1.54, 1.807) is 4.90 Å². The van der Waals surface area contributed by atoms with Gasteiger partial charge in [0.25, 0.3) is 0 Å². The van der Waals surface area contributed by atoms with Crippen molar-refractivity contribution in [3.63, 3.8) is 0 Å². The lowest BCUT2D eigenvalue weighted by Crippen LogP contribution is -2.50. The maximum absolute atomic E-state index is 12.3. The number of rotatable bonds is 3. The van der Waals surface area contributed by atoms with Crippen molar-refractivity contribution < 1.29 is 14.3 Å². The number of primary amides is 1. The second-order valence-electron chi connectivity index (χ2n) is 5.66. The molecule has 2 rings (SSSR count). The van der Waals surface area contributed by atoms with Crippen LogP contribution in [0.3, 0.4) is 0 Å². The summed E-state index contributed by atoms with van der Waals surface area (Å²) in [6.07, 6.45) is 7.39. The highest BCUT2D eigenvalue weighted by molar-refractivity contribution is 5.81. The van der Waals surface area contributed by atoms with Crippen LogP contribution in [0, 0.1) is 5.92 Å². The summed E-state index contributed by atoms with van der Waals surface area (Å²) < 4.78 is 5.26. The fraction of sp³-hybridized carbons (Fsp3) is 0.857. The van der Waals surface area contributed by atoms with Crippen molar-refractivity contribution in [3.05, 3.63) is 0 Å². The minimum atomic E-state index is -0.633. The summed E-state index contributed by atoms with van der Waals surface area (Å²) in [6.45, 7) is 1.31. The molecule has 0 aromatic rings. The van der Waals surface area contributed by atoms with E-state index in [-0.39, 0.29) is 5.91 Å². The van der Waals surface area contributed by atoms with E-state index in [0.29, 0.717) is 32.0 Å². The van der Waals surface area contributed by atoms with Crippen molar-refractivity contribution in [1.82, 2.24) is 4.90 Å². The SMILES string of the molecule is NC(=O)[C@H]1CN(C(=O)CC2CCCCCC2)CCO1. The molecule has 2 fully saturated rings. The first-order valence-electron chi connectivity index (χ1n) is 7.35. The van der Waals surface area contributed by atoms with E-state index < -0.39 is 12.0 Å².